The number of pyridine rings is 1. The molecule has 0 aliphatic heterocycles. The number of aliphatic imine (C=N–C) groups is 1. The van der Waals surface area contributed by atoms with E-state index in [4.69, 9.17) is 4.99 Å². The Kier molecular flexibility index (Phi) is 8.68. The van der Waals surface area contributed by atoms with Crippen molar-refractivity contribution in [2.24, 2.45) is 4.99 Å². The molecule has 28 heavy (non-hydrogen) atoms. The molecule has 0 radical (unpaired) electrons. The van der Waals surface area contributed by atoms with Gasteiger partial charge in [0, 0.05) is 24.5 Å². The molecule has 0 bridgehead atoms. The summed E-state index contributed by atoms with van der Waals surface area (Å²) in [5, 5.41) is 20.9. The van der Waals surface area contributed by atoms with E-state index in [2.05, 4.69) is 27.6 Å². The molecule has 1 fully saturated rings. The van der Waals surface area contributed by atoms with Gasteiger partial charge in [-0.1, -0.05) is 6.07 Å². The molecule has 154 valence electrons. The van der Waals surface area contributed by atoms with Crippen LogP contribution in [-0.2, 0) is 6.54 Å². The summed E-state index contributed by atoms with van der Waals surface area (Å²) < 4.78 is 1.85. The molecular weight excluding hydrogens is 467 g/mol. The lowest BCUT2D eigenvalue weighted by Crippen LogP contribution is -2.45. The van der Waals surface area contributed by atoms with Crippen molar-refractivity contribution >= 4 is 29.9 Å². The van der Waals surface area contributed by atoms with Gasteiger partial charge >= 0.3 is 0 Å². The van der Waals surface area contributed by atoms with E-state index >= 15 is 0 Å². The molecule has 2 aromatic rings. The van der Waals surface area contributed by atoms with Crippen LogP contribution in [0.3, 0.4) is 0 Å². The summed E-state index contributed by atoms with van der Waals surface area (Å²) in [7, 11) is 0. The Bertz CT molecular complexity index is 766. The zero-order valence-corrected chi connectivity index (χ0v) is 19.2. The predicted octanol–water partition coefficient (Wildman–Crippen LogP) is 2.86. The van der Waals surface area contributed by atoms with Crippen molar-refractivity contribution in [2.45, 2.75) is 65.1 Å². The highest BCUT2D eigenvalue weighted by Gasteiger charge is 2.19. The third-order valence-corrected chi connectivity index (χ3v) is 4.84. The average molecular weight is 498 g/mol. The zero-order chi connectivity index (χ0) is 19.2. The standard InChI is InChI=1S/C20H30N6O.HI/c1-4-21-20(24-17-6-8-18(27)9-7-17)23-13-16-5-10-19(22-12-16)26-15(3)11-14(2)25-26;/h5,10-12,17-18,27H,4,6-9,13H2,1-3H3,(H2,21,23,24);1H. The molecule has 7 nitrogen and oxygen atoms in total. The van der Waals surface area contributed by atoms with Crippen LogP contribution < -0.4 is 10.6 Å². The summed E-state index contributed by atoms with van der Waals surface area (Å²) in [5.41, 5.74) is 3.11. The molecule has 2 aromatic heterocycles. The predicted molar refractivity (Wildman–Crippen MR) is 122 cm³/mol. The van der Waals surface area contributed by atoms with E-state index in [1.807, 2.05) is 42.9 Å². The van der Waals surface area contributed by atoms with E-state index in [1.165, 1.54) is 0 Å². The van der Waals surface area contributed by atoms with E-state index in [1.54, 1.807) is 0 Å². The van der Waals surface area contributed by atoms with Gasteiger partial charge in [0.2, 0.25) is 0 Å². The Balaban J connectivity index is 0.00000280. The minimum absolute atomic E-state index is 0. The molecule has 0 atom stereocenters. The third kappa shape index (κ3) is 6.16. The van der Waals surface area contributed by atoms with Gasteiger partial charge in [-0.3, -0.25) is 0 Å². The Morgan fingerprint density at radius 2 is 2.00 bits per heavy atom. The fourth-order valence-electron chi connectivity index (χ4n) is 3.40. The van der Waals surface area contributed by atoms with Gasteiger partial charge in [-0.05, 0) is 64.2 Å². The maximum atomic E-state index is 9.65. The zero-order valence-electron chi connectivity index (χ0n) is 16.9. The molecule has 0 unspecified atom stereocenters. The number of aliphatic hydroxyl groups excluding tert-OH is 1. The van der Waals surface area contributed by atoms with Crippen LogP contribution in [0.2, 0.25) is 0 Å². The van der Waals surface area contributed by atoms with Crippen molar-refractivity contribution in [3.05, 3.63) is 41.3 Å². The van der Waals surface area contributed by atoms with Crippen LogP contribution in [-0.4, -0.2) is 44.5 Å². The van der Waals surface area contributed by atoms with E-state index in [0.29, 0.717) is 12.6 Å². The Hall–Kier alpha value is -1.68. The number of aryl methyl sites for hydroxylation is 2. The molecular formula is C20H31IN6O. The van der Waals surface area contributed by atoms with E-state index < -0.39 is 0 Å². The lowest BCUT2D eigenvalue weighted by Gasteiger charge is -2.27. The largest absolute Gasteiger partial charge is 0.393 e. The molecule has 1 aliphatic rings. The van der Waals surface area contributed by atoms with Crippen LogP contribution in [0.5, 0.6) is 0 Å². The topological polar surface area (TPSA) is 87.4 Å². The fraction of sp³-hybridized carbons (Fsp3) is 0.550. The SMILES string of the molecule is CCNC(=NCc1ccc(-n2nc(C)cc2C)nc1)NC1CCC(O)CC1.I. The number of aromatic nitrogens is 3. The van der Waals surface area contributed by atoms with Gasteiger partial charge in [0.05, 0.1) is 18.3 Å². The summed E-state index contributed by atoms with van der Waals surface area (Å²) in [4.78, 5) is 9.22. The minimum Gasteiger partial charge on any atom is -0.393 e. The van der Waals surface area contributed by atoms with Crippen LogP contribution in [0.15, 0.2) is 29.4 Å². The normalized spacial score (nSPS) is 19.8. The number of halogens is 1. The second kappa shape index (κ2) is 10.8. The highest BCUT2D eigenvalue weighted by atomic mass is 127. The quantitative estimate of drug-likeness (QED) is 0.335. The molecule has 0 aromatic carbocycles. The maximum Gasteiger partial charge on any atom is 0.191 e. The first-order valence-electron chi connectivity index (χ1n) is 9.76. The van der Waals surface area contributed by atoms with E-state index in [9.17, 15) is 5.11 Å². The second-order valence-electron chi connectivity index (χ2n) is 7.21. The Morgan fingerprint density at radius 1 is 1.25 bits per heavy atom. The summed E-state index contributed by atoms with van der Waals surface area (Å²) in [6, 6.07) is 6.44. The van der Waals surface area contributed by atoms with Gasteiger partial charge < -0.3 is 15.7 Å². The van der Waals surface area contributed by atoms with E-state index in [-0.39, 0.29) is 30.1 Å². The fourth-order valence-corrected chi connectivity index (χ4v) is 3.40. The van der Waals surface area contributed by atoms with Gasteiger partial charge in [-0.15, -0.1) is 24.0 Å². The molecule has 1 aliphatic carbocycles. The molecule has 1 saturated carbocycles. The molecule has 8 heteroatoms. The molecule has 3 rings (SSSR count). The molecule has 2 heterocycles. The lowest BCUT2D eigenvalue weighted by molar-refractivity contribution is 0.120. The maximum absolute atomic E-state index is 9.65. The van der Waals surface area contributed by atoms with Crippen LogP contribution in [0.4, 0.5) is 0 Å². The number of nitrogens with one attached hydrogen (secondary N) is 2. The van der Waals surface area contributed by atoms with Crippen molar-refractivity contribution in [3.63, 3.8) is 0 Å². The summed E-state index contributed by atoms with van der Waals surface area (Å²) >= 11 is 0. The van der Waals surface area contributed by atoms with Crippen molar-refractivity contribution in [1.29, 1.82) is 0 Å². The summed E-state index contributed by atoms with van der Waals surface area (Å²) in [6.07, 6.45) is 5.38. The molecule has 3 N–H and O–H groups in total. The second-order valence-corrected chi connectivity index (χ2v) is 7.21. The van der Waals surface area contributed by atoms with Gasteiger partial charge in [-0.2, -0.15) is 5.10 Å². The van der Waals surface area contributed by atoms with Gasteiger partial charge in [0.1, 0.15) is 0 Å². The van der Waals surface area contributed by atoms with E-state index in [0.717, 1.165) is 61.0 Å². The number of rotatable bonds is 5. The first kappa shape index (κ1) is 22.6. The third-order valence-electron chi connectivity index (χ3n) is 4.84. The van der Waals surface area contributed by atoms with Crippen LogP contribution in [0.25, 0.3) is 5.82 Å². The first-order chi connectivity index (χ1) is 13.0. The summed E-state index contributed by atoms with van der Waals surface area (Å²) in [5.74, 6) is 1.64. The van der Waals surface area contributed by atoms with Crippen LogP contribution in [0.1, 0.15) is 49.6 Å². The van der Waals surface area contributed by atoms with Crippen molar-refractivity contribution in [2.75, 3.05) is 6.54 Å². The minimum atomic E-state index is -0.144. The number of nitrogens with zero attached hydrogens (tertiary/aromatic N) is 4. The first-order valence-corrected chi connectivity index (χ1v) is 9.76. The smallest absolute Gasteiger partial charge is 0.191 e. The number of aliphatic hydroxyl groups is 1. The number of hydrogen-bond donors (Lipinski definition) is 3. The van der Waals surface area contributed by atoms with Crippen LogP contribution >= 0.6 is 24.0 Å². The van der Waals surface area contributed by atoms with Crippen molar-refractivity contribution in [3.8, 4) is 5.82 Å². The lowest BCUT2D eigenvalue weighted by atomic mass is 9.93. The Labute approximate surface area is 184 Å². The highest BCUT2D eigenvalue weighted by molar-refractivity contribution is 14.0. The van der Waals surface area contributed by atoms with Crippen LogP contribution in [0, 0.1) is 13.8 Å². The molecule has 0 amide bonds. The molecule has 0 spiro atoms. The summed E-state index contributed by atoms with van der Waals surface area (Å²) in [6.45, 7) is 7.45. The highest BCUT2D eigenvalue weighted by Crippen LogP contribution is 2.18. The number of guanidine groups is 1. The monoisotopic (exact) mass is 498 g/mol. The Morgan fingerprint density at radius 3 is 2.57 bits per heavy atom. The van der Waals surface area contributed by atoms with Gasteiger partial charge in [0.15, 0.2) is 11.8 Å². The molecule has 0 saturated heterocycles. The van der Waals surface area contributed by atoms with Gasteiger partial charge in [0.25, 0.3) is 0 Å². The van der Waals surface area contributed by atoms with Gasteiger partial charge in [-0.25, -0.2) is 14.7 Å². The number of hydrogen-bond acceptors (Lipinski definition) is 4. The van der Waals surface area contributed by atoms with Crippen molar-refractivity contribution in [1.82, 2.24) is 25.4 Å². The average Bonchev–Trinajstić information content (AvgIpc) is 3.00. The van der Waals surface area contributed by atoms with Crippen molar-refractivity contribution < 1.29 is 5.11 Å².